The van der Waals surface area contributed by atoms with E-state index in [4.69, 9.17) is 11.6 Å². The molecule has 1 amide bonds. The number of halogens is 1. The number of rotatable bonds is 3. The summed E-state index contributed by atoms with van der Waals surface area (Å²) in [5.41, 5.74) is 0. The second-order valence-electron chi connectivity index (χ2n) is 3.28. The SMILES string of the molecule is CCc1ccc(C(=O)Nc2nccc(Cl)n2)s1. The summed E-state index contributed by atoms with van der Waals surface area (Å²) in [7, 11) is 0. The zero-order valence-electron chi connectivity index (χ0n) is 9.11. The van der Waals surface area contributed by atoms with Gasteiger partial charge >= 0.3 is 0 Å². The third-order valence-electron chi connectivity index (χ3n) is 2.08. The minimum atomic E-state index is -0.211. The molecule has 2 heterocycles. The summed E-state index contributed by atoms with van der Waals surface area (Å²) in [6, 6.07) is 5.29. The van der Waals surface area contributed by atoms with Gasteiger partial charge < -0.3 is 0 Å². The predicted octanol–water partition coefficient (Wildman–Crippen LogP) is 3.01. The Balaban J connectivity index is 2.11. The van der Waals surface area contributed by atoms with Crippen LogP contribution < -0.4 is 5.32 Å². The molecular weight excluding hydrogens is 258 g/mol. The van der Waals surface area contributed by atoms with Crippen LogP contribution in [0.2, 0.25) is 5.15 Å². The summed E-state index contributed by atoms with van der Waals surface area (Å²) in [5.74, 6) is 0.00548. The van der Waals surface area contributed by atoms with Gasteiger partial charge in [-0.15, -0.1) is 11.3 Å². The molecule has 0 radical (unpaired) electrons. The number of carbonyl (C=O) groups excluding carboxylic acids is 1. The molecule has 0 aliphatic rings. The first-order chi connectivity index (χ1) is 8.19. The van der Waals surface area contributed by atoms with Crippen molar-refractivity contribution in [1.82, 2.24) is 9.97 Å². The van der Waals surface area contributed by atoms with Crippen molar-refractivity contribution >= 4 is 34.8 Å². The predicted molar refractivity (Wildman–Crippen MR) is 68.7 cm³/mol. The lowest BCUT2D eigenvalue weighted by Crippen LogP contribution is -2.12. The zero-order chi connectivity index (χ0) is 12.3. The maximum Gasteiger partial charge on any atom is 0.268 e. The van der Waals surface area contributed by atoms with Crippen molar-refractivity contribution in [2.24, 2.45) is 0 Å². The van der Waals surface area contributed by atoms with Gasteiger partial charge in [0.05, 0.1) is 4.88 Å². The van der Waals surface area contributed by atoms with Crippen LogP contribution in [-0.4, -0.2) is 15.9 Å². The average Bonchev–Trinajstić information content (AvgIpc) is 2.77. The largest absolute Gasteiger partial charge is 0.290 e. The van der Waals surface area contributed by atoms with E-state index in [1.54, 1.807) is 12.1 Å². The quantitative estimate of drug-likeness (QED) is 0.870. The molecule has 0 atom stereocenters. The summed E-state index contributed by atoms with van der Waals surface area (Å²) in [6.07, 6.45) is 2.42. The van der Waals surface area contributed by atoms with E-state index in [1.165, 1.54) is 22.4 Å². The molecule has 6 heteroatoms. The highest BCUT2D eigenvalue weighted by Crippen LogP contribution is 2.18. The van der Waals surface area contributed by atoms with E-state index < -0.39 is 0 Å². The fourth-order valence-electron chi connectivity index (χ4n) is 1.25. The van der Waals surface area contributed by atoms with Gasteiger partial charge in [-0.3, -0.25) is 10.1 Å². The Morgan fingerprint density at radius 1 is 1.47 bits per heavy atom. The number of nitrogens with one attached hydrogen (secondary N) is 1. The van der Waals surface area contributed by atoms with Crippen LogP contribution in [0, 0.1) is 0 Å². The third kappa shape index (κ3) is 3.01. The lowest BCUT2D eigenvalue weighted by molar-refractivity contribution is 0.102. The van der Waals surface area contributed by atoms with E-state index in [0.29, 0.717) is 10.0 Å². The number of anilines is 1. The van der Waals surface area contributed by atoms with E-state index in [1.807, 2.05) is 13.0 Å². The fraction of sp³-hybridized carbons (Fsp3) is 0.182. The van der Waals surface area contributed by atoms with Gasteiger partial charge in [-0.25, -0.2) is 9.97 Å². The minimum Gasteiger partial charge on any atom is -0.290 e. The molecule has 0 saturated carbocycles. The minimum absolute atomic E-state index is 0.211. The number of hydrogen-bond acceptors (Lipinski definition) is 4. The summed E-state index contributed by atoms with van der Waals surface area (Å²) in [5, 5.41) is 2.90. The van der Waals surface area contributed by atoms with E-state index in [0.717, 1.165) is 6.42 Å². The normalized spacial score (nSPS) is 10.2. The Kier molecular flexibility index (Phi) is 3.71. The van der Waals surface area contributed by atoms with Crippen LogP contribution in [-0.2, 0) is 6.42 Å². The second kappa shape index (κ2) is 5.25. The fourth-order valence-corrected chi connectivity index (χ4v) is 2.23. The van der Waals surface area contributed by atoms with Gasteiger partial charge in [0.1, 0.15) is 5.15 Å². The molecule has 0 aliphatic carbocycles. The van der Waals surface area contributed by atoms with Gasteiger partial charge in [-0.05, 0) is 24.6 Å². The summed E-state index contributed by atoms with van der Waals surface area (Å²) in [4.78, 5) is 21.4. The molecule has 1 N–H and O–H groups in total. The van der Waals surface area contributed by atoms with E-state index >= 15 is 0 Å². The highest BCUT2D eigenvalue weighted by molar-refractivity contribution is 7.14. The van der Waals surface area contributed by atoms with Crippen LogP contribution in [0.25, 0.3) is 0 Å². The molecule has 2 aromatic rings. The van der Waals surface area contributed by atoms with E-state index in [2.05, 4.69) is 15.3 Å². The van der Waals surface area contributed by atoms with Gasteiger partial charge in [0.25, 0.3) is 5.91 Å². The van der Waals surface area contributed by atoms with Crippen LogP contribution in [0.1, 0.15) is 21.5 Å². The molecule has 88 valence electrons. The topological polar surface area (TPSA) is 54.9 Å². The Hall–Kier alpha value is -1.46. The van der Waals surface area contributed by atoms with Crippen molar-refractivity contribution in [2.75, 3.05) is 5.32 Å². The second-order valence-corrected chi connectivity index (χ2v) is 4.83. The third-order valence-corrected chi connectivity index (χ3v) is 3.52. The Morgan fingerprint density at radius 2 is 2.29 bits per heavy atom. The monoisotopic (exact) mass is 267 g/mol. The number of nitrogens with zero attached hydrogens (tertiary/aromatic N) is 2. The van der Waals surface area contributed by atoms with Crippen molar-refractivity contribution in [1.29, 1.82) is 0 Å². The molecule has 0 aliphatic heterocycles. The van der Waals surface area contributed by atoms with Crippen molar-refractivity contribution in [3.05, 3.63) is 39.3 Å². The molecule has 0 saturated heterocycles. The molecule has 4 nitrogen and oxygen atoms in total. The summed E-state index contributed by atoms with van der Waals surface area (Å²) < 4.78 is 0. The molecule has 0 spiro atoms. The van der Waals surface area contributed by atoms with Crippen LogP contribution in [0.15, 0.2) is 24.4 Å². The van der Waals surface area contributed by atoms with Crippen molar-refractivity contribution in [3.8, 4) is 0 Å². The first kappa shape index (κ1) is 12.0. The maximum atomic E-state index is 11.8. The van der Waals surface area contributed by atoms with Crippen LogP contribution in [0.3, 0.4) is 0 Å². The Morgan fingerprint density at radius 3 is 2.94 bits per heavy atom. The first-order valence-electron chi connectivity index (χ1n) is 5.07. The smallest absolute Gasteiger partial charge is 0.268 e. The lowest BCUT2D eigenvalue weighted by atomic mass is 10.3. The Bertz CT molecular complexity index is 541. The molecule has 0 aromatic carbocycles. The number of carbonyl (C=O) groups is 1. The average molecular weight is 268 g/mol. The van der Waals surface area contributed by atoms with Crippen LogP contribution >= 0.6 is 22.9 Å². The lowest BCUT2D eigenvalue weighted by Gasteiger charge is -2.00. The van der Waals surface area contributed by atoms with Crippen LogP contribution in [0.4, 0.5) is 5.95 Å². The number of aromatic nitrogens is 2. The van der Waals surface area contributed by atoms with E-state index in [9.17, 15) is 4.79 Å². The molecule has 0 unspecified atom stereocenters. The molecule has 0 fully saturated rings. The van der Waals surface area contributed by atoms with Crippen molar-refractivity contribution in [3.63, 3.8) is 0 Å². The molecule has 0 bridgehead atoms. The van der Waals surface area contributed by atoms with Crippen molar-refractivity contribution < 1.29 is 4.79 Å². The highest BCUT2D eigenvalue weighted by atomic mass is 35.5. The summed E-state index contributed by atoms with van der Waals surface area (Å²) in [6.45, 7) is 2.05. The van der Waals surface area contributed by atoms with Gasteiger partial charge in [0.2, 0.25) is 5.95 Å². The maximum absolute atomic E-state index is 11.8. The zero-order valence-corrected chi connectivity index (χ0v) is 10.7. The van der Waals surface area contributed by atoms with E-state index in [-0.39, 0.29) is 11.9 Å². The molecule has 2 aromatic heterocycles. The number of aryl methyl sites for hydroxylation is 1. The standard InChI is InChI=1S/C11H10ClN3OS/c1-2-7-3-4-8(17-7)10(16)15-11-13-6-5-9(12)14-11/h3-6H,2H2,1H3,(H,13,14,15,16). The molecule has 2 rings (SSSR count). The highest BCUT2D eigenvalue weighted by Gasteiger charge is 2.10. The van der Waals surface area contributed by atoms with Gasteiger partial charge in [-0.2, -0.15) is 0 Å². The molecular formula is C11H10ClN3OS. The number of thiophene rings is 1. The first-order valence-corrected chi connectivity index (χ1v) is 6.27. The molecule has 17 heavy (non-hydrogen) atoms. The Labute approximate surface area is 108 Å². The van der Waals surface area contributed by atoms with Crippen LogP contribution in [0.5, 0.6) is 0 Å². The number of amides is 1. The van der Waals surface area contributed by atoms with Gasteiger partial charge in [-0.1, -0.05) is 18.5 Å². The van der Waals surface area contributed by atoms with Gasteiger partial charge in [0, 0.05) is 11.1 Å². The number of hydrogen-bond donors (Lipinski definition) is 1. The van der Waals surface area contributed by atoms with Gasteiger partial charge in [0.15, 0.2) is 0 Å². The summed E-state index contributed by atoms with van der Waals surface area (Å²) >= 11 is 7.16. The van der Waals surface area contributed by atoms with Crippen molar-refractivity contribution in [2.45, 2.75) is 13.3 Å².